The third-order valence-electron chi connectivity index (χ3n) is 3.89. The molecule has 0 radical (unpaired) electrons. The van der Waals surface area contributed by atoms with E-state index in [-0.39, 0.29) is 17.5 Å². The van der Waals surface area contributed by atoms with Gasteiger partial charge in [-0.25, -0.2) is 4.39 Å². The SMILES string of the molecule is CCC1CN(C(=O)c2ccc(Br)cc2F)C(CC)CN1. The lowest BCUT2D eigenvalue weighted by atomic mass is 10.0. The standard InChI is InChI=1S/C15H20BrFN2O/c1-3-11-9-19(12(4-2)8-18-11)15(20)13-6-5-10(16)7-14(13)17/h5-7,11-12,18H,3-4,8-9H2,1-2H3. The number of rotatable bonds is 3. The summed E-state index contributed by atoms with van der Waals surface area (Å²) in [5.41, 5.74) is 0.156. The van der Waals surface area contributed by atoms with Crippen molar-refractivity contribution in [1.82, 2.24) is 10.2 Å². The molecule has 1 N–H and O–H groups in total. The molecule has 2 atom stereocenters. The molecule has 110 valence electrons. The molecule has 0 spiro atoms. The molecular formula is C15H20BrFN2O. The van der Waals surface area contributed by atoms with E-state index < -0.39 is 5.82 Å². The van der Waals surface area contributed by atoms with Crippen LogP contribution in [-0.4, -0.2) is 36.0 Å². The van der Waals surface area contributed by atoms with Crippen molar-refractivity contribution in [3.63, 3.8) is 0 Å². The highest BCUT2D eigenvalue weighted by Gasteiger charge is 2.31. The van der Waals surface area contributed by atoms with Crippen molar-refractivity contribution in [2.75, 3.05) is 13.1 Å². The first-order valence-corrected chi connectivity index (χ1v) is 7.85. The van der Waals surface area contributed by atoms with Crippen LogP contribution in [0.2, 0.25) is 0 Å². The molecule has 0 aromatic heterocycles. The van der Waals surface area contributed by atoms with Crippen LogP contribution in [0.15, 0.2) is 22.7 Å². The summed E-state index contributed by atoms with van der Waals surface area (Å²) in [6, 6.07) is 5.02. The molecule has 3 nitrogen and oxygen atoms in total. The fraction of sp³-hybridized carbons (Fsp3) is 0.533. The molecule has 0 aliphatic carbocycles. The zero-order valence-corrected chi connectivity index (χ0v) is 13.4. The molecule has 1 fully saturated rings. The van der Waals surface area contributed by atoms with Crippen LogP contribution in [0.3, 0.4) is 0 Å². The molecule has 0 saturated carbocycles. The molecule has 1 aliphatic rings. The van der Waals surface area contributed by atoms with E-state index in [1.807, 2.05) is 4.90 Å². The van der Waals surface area contributed by atoms with Gasteiger partial charge in [-0.1, -0.05) is 29.8 Å². The Labute approximate surface area is 127 Å². The summed E-state index contributed by atoms with van der Waals surface area (Å²) in [4.78, 5) is 14.4. The van der Waals surface area contributed by atoms with E-state index in [4.69, 9.17) is 0 Å². The molecule has 1 aromatic rings. The highest BCUT2D eigenvalue weighted by Crippen LogP contribution is 2.20. The van der Waals surface area contributed by atoms with Gasteiger partial charge in [0.25, 0.3) is 5.91 Å². The Hall–Kier alpha value is -0.940. The number of hydrogen-bond donors (Lipinski definition) is 1. The number of hydrogen-bond acceptors (Lipinski definition) is 2. The maximum atomic E-state index is 14.0. The minimum Gasteiger partial charge on any atom is -0.333 e. The number of carbonyl (C=O) groups excluding carboxylic acids is 1. The normalized spacial score (nSPS) is 22.9. The molecule has 2 rings (SSSR count). The highest BCUT2D eigenvalue weighted by molar-refractivity contribution is 9.10. The van der Waals surface area contributed by atoms with E-state index in [1.165, 1.54) is 6.07 Å². The van der Waals surface area contributed by atoms with Crippen LogP contribution >= 0.6 is 15.9 Å². The molecule has 1 saturated heterocycles. The molecule has 1 aromatic carbocycles. The summed E-state index contributed by atoms with van der Waals surface area (Å²) in [7, 11) is 0. The summed E-state index contributed by atoms with van der Waals surface area (Å²) in [6.07, 6.45) is 1.83. The number of nitrogens with zero attached hydrogens (tertiary/aromatic N) is 1. The molecule has 0 bridgehead atoms. The van der Waals surface area contributed by atoms with Gasteiger partial charge in [0, 0.05) is 29.6 Å². The monoisotopic (exact) mass is 342 g/mol. The zero-order valence-electron chi connectivity index (χ0n) is 11.8. The van der Waals surface area contributed by atoms with Gasteiger partial charge < -0.3 is 10.2 Å². The number of nitrogens with one attached hydrogen (secondary N) is 1. The second-order valence-electron chi connectivity index (χ2n) is 5.16. The van der Waals surface area contributed by atoms with Crippen molar-refractivity contribution >= 4 is 21.8 Å². The number of benzene rings is 1. The van der Waals surface area contributed by atoms with Gasteiger partial charge in [0.15, 0.2) is 0 Å². The average molecular weight is 343 g/mol. The minimum absolute atomic E-state index is 0.133. The van der Waals surface area contributed by atoms with Gasteiger partial charge in [-0.2, -0.15) is 0 Å². The van der Waals surface area contributed by atoms with Crippen LogP contribution < -0.4 is 5.32 Å². The van der Waals surface area contributed by atoms with Crippen LogP contribution in [-0.2, 0) is 0 Å². The summed E-state index contributed by atoms with van der Waals surface area (Å²) in [5, 5.41) is 3.43. The third-order valence-corrected chi connectivity index (χ3v) is 4.38. The van der Waals surface area contributed by atoms with Crippen molar-refractivity contribution in [3.05, 3.63) is 34.1 Å². The van der Waals surface area contributed by atoms with Crippen LogP contribution in [0.25, 0.3) is 0 Å². The lowest BCUT2D eigenvalue weighted by Crippen LogP contribution is -2.58. The summed E-state index contributed by atoms with van der Waals surface area (Å²) < 4.78 is 14.6. The quantitative estimate of drug-likeness (QED) is 0.914. The summed E-state index contributed by atoms with van der Waals surface area (Å²) in [5.74, 6) is -0.674. The Morgan fingerprint density at radius 1 is 1.45 bits per heavy atom. The molecule has 5 heteroatoms. The Kier molecular flexibility index (Phi) is 5.16. The van der Waals surface area contributed by atoms with Gasteiger partial charge in [-0.3, -0.25) is 4.79 Å². The predicted octanol–water partition coefficient (Wildman–Crippen LogP) is 3.19. The first-order valence-electron chi connectivity index (χ1n) is 7.06. The van der Waals surface area contributed by atoms with Crippen molar-refractivity contribution in [2.24, 2.45) is 0 Å². The Morgan fingerprint density at radius 2 is 2.20 bits per heavy atom. The minimum atomic E-state index is -0.467. The lowest BCUT2D eigenvalue weighted by Gasteiger charge is -2.40. The maximum absolute atomic E-state index is 14.0. The number of piperazine rings is 1. The first kappa shape index (κ1) is 15.4. The van der Waals surface area contributed by atoms with E-state index in [0.717, 1.165) is 19.4 Å². The summed E-state index contributed by atoms with van der Waals surface area (Å²) >= 11 is 3.21. The number of carbonyl (C=O) groups is 1. The second-order valence-corrected chi connectivity index (χ2v) is 6.07. The van der Waals surface area contributed by atoms with Crippen LogP contribution in [0.5, 0.6) is 0 Å². The average Bonchev–Trinajstić information content (AvgIpc) is 2.46. The molecule has 1 heterocycles. The van der Waals surface area contributed by atoms with Crippen molar-refractivity contribution in [2.45, 2.75) is 38.8 Å². The molecule has 20 heavy (non-hydrogen) atoms. The Morgan fingerprint density at radius 3 is 2.80 bits per heavy atom. The van der Waals surface area contributed by atoms with E-state index >= 15 is 0 Å². The topological polar surface area (TPSA) is 32.3 Å². The molecule has 1 amide bonds. The highest BCUT2D eigenvalue weighted by atomic mass is 79.9. The van der Waals surface area contributed by atoms with Crippen molar-refractivity contribution < 1.29 is 9.18 Å². The van der Waals surface area contributed by atoms with Gasteiger partial charge in [0.05, 0.1) is 5.56 Å². The lowest BCUT2D eigenvalue weighted by molar-refractivity contribution is 0.0571. The largest absolute Gasteiger partial charge is 0.333 e. The van der Waals surface area contributed by atoms with E-state index in [0.29, 0.717) is 17.1 Å². The maximum Gasteiger partial charge on any atom is 0.257 e. The number of halogens is 2. The van der Waals surface area contributed by atoms with Crippen LogP contribution in [0.1, 0.15) is 37.0 Å². The van der Waals surface area contributed by atoms with Crippen LogP contribution in [0, 0.1) is 5.82 Å². The molecule has 1 aliphatic heterocycles. The zero-order chi connectivity index (χ0) is 14.7. The predicted molar refractivity (Wildman–Crippen MR) is 81.3 cm³/mol. The van der Waals surface area contributed by atoms with Crippen molar-refractivity contribution in [3.8, 4) is 0 Å². The first-order chi connectivity index (χ1) is 9.56. The fourth-order valence-electron chi connectivity index (χ4n) is 2.57. The smallest absolute Gasteiger partial charge is 0.257 e. The fourth-order valence-corrected chi connectivity index (χ4v) is 2.90. The van der Waals surface area contributed by atoms with Gasteiger partial charge in [0.1, 0.15) is 5.82 Å². The Bertz CT molecular complexity index is 495. The van der Waals surface area contributed by atoms with Crippen LogP contribution in [0.4, 0.5) is 4.39 Å². The van der Waals surface area contributed by atoms with Gasteiger partial charge >= 0.3 is 0 Å². The molecular weight excluding hydrogens is 323 g/mol. The third kappa shape index (κ3) is 3.20. The van der Waals surface area contributed by atoms with E-state index in [2.05, 4.69) is 35.1 Å². The van der Waals surface area contributed by atoms with E-state index in [1.54, 1.807) is 12.1 Å². The summed E-state index contributed by atoms with van der Waals surface area (Å²) in [6.45, 7) is 5.56. The van der Waals surface area contributed by atoms with Crippen molar-refractivity contribution in [1.29, 1.82) is 0 Å². The van der Waals surface area contributed by atoms with Gasteiger partial charge in [-0.05, 0) is 31.0 Å². The van der Waals surface area contributed by atoms with E-state index in [9.17, 15) is 9.18 Å². The molecule has 2 unspecified atom stereocenters. The van der Waals surface area contributed by atoms with Gasteiger partial charge in [-0.15, -0.1) is 0 Å². The van der Waals surface area contributed by atoms with Gasteiger partial charge in [0.2, 0.25) is 0 Å². The Balaban J connectivity index is 2.24. The number of amides is 1. The second kappa shape index (κ2) is 6.68.